The Kier molecular flexibility index (Phi) is 21.8. The van der Waals surface area contributed by atoms with Crippen molar-refractivity contribution < 1.29 is 57.0 Å². The van der Waals surface area contributed by atoms with Crippen LogP contribution in [-0.4, -0.2) is 142 Å². The van der Waals surface area contributed by atoms with Crippen LogP contribution in [0.5, 0.6) is 0 Å². The van der Waals surface area contributed by atoms with Crippen LogP contribution >= 0.6 is 0 Å². The van der Waals surface area contributed by atoms with Gasteiger partial charge in [-0.15, -0.1) is 0 Å². The normalized spacial score (nSPS) is 13.2. The van der Waals surface area contributed by atoms with Gasteiger partial charge in [-0.2, -0.15) is 0 Å². The first-order valence-electron chi connectivity index (χ1n) is 12.4. The molecule has 0 saturated carbocycles. The van der Waals surface area contributed by atoms with Crippen molar-refractivity contribution in [2.75, 3.05) is 119 Å². The third-order valence-electron chi connectivity index (χ3n) is 4.50. The minimum absolute atomic E-state index is 0.238. The molecule has 0 bridgehead atoms. The van der Waals surface area contributed by atoms with Crippen LogP contribution in [-0.2, 0) is 57.0 Å². The first kappa shape index (κ1) is 33.1. The molecule has 0 radical (unpaired) electrons. The Balaban J connectivity index is 1.65. The molecule has 0 aliphatic carbocycles. The number of carbonyl (C=O) groups is 3. The van der Waals surface area contributed by atoms with Crippen LogP contribution in [0.3, 0.4) is 0 Å². The van der Waals surface area contributed by atoms with Gasteiger partial charge in [-0.05, 0) is 0 Å². The third-order valence-corrected chi connectivity index (χ3v) is 4.50. The fourth-order valence-corrected chi connectivity index (χ4v) is 2.69. The molecule has 0 aromatic carbocycles. The van der Waals surface area contributed by atoms with Crippen LogP contribution in [0.25, 0.3) is 0 Å². The summed E-state index contributed by atoms with van der Waals surface area (Å²) in [7, 11) is 0. The summed E-state index contributed by atoms with van der Waals surface area (Å²) >= 11 is 0. The average molecular weight is 536 g/mol. The van der Waals surface area contributed by atoms with Crippen LogP contribution in [0.4, 0.5) is 0 Å². The molecule has 0 fully saturated rings. The summed E-state index contributed by atoms with van der Waals surface area (Å²) in [5.41, 5.74) is 0. The van der Waals surface area contributed by atoms with E-state index in [-0.39, 0.29) is 37.5 Å². The van der Waals surface area contributed by atoms with Crippen molar-refractivity contribution in [1.29, 1.82) is 0 Å². The van der Waals surface area contributed by atoms with Gasteiger partial charge in [0.05, 0.1) is 112 Å². The van der Waals surface area contributed by atoms with Gasteiger partial charge in [0.2, 0.25) is 0 Å². The second-order valence-electron chi connectivity index (χ2n) is 7.40. The quantitative estimate of drug-likeness (QED) is 0.0769. The summed E-state index contributed by atoms with van der Waals surface area (Å²) in [5.74, 6) is -0.934. The van der Waals surface area contributed by atoms with Gasteiger partial charge in [0, 0.05) is 19.1 Å². The number of imide groups is 1. The molecule has 0 N–H and O–H groups in total. The van der Waals surface area contributed by atoms with Crippen molar-refractivity contribution in [3.05, 3.63) is 12.2 Å². The lowest BCUT2D eigenvalue weighted by atomic mass is 10.5. The monoisotopic (exact) mass is 535 g/mol. The van der Waals surface area contributed by atoms with Crippen molar-refractivity contribution in [3.63, 3.8) is 0 Å². The molecule has 1 aliphatic rings. The van der Waals surface area contributed by atoms with Crippen molar-refractivity contribution in [2.45, 2.75) is 6.92 Å². The number of esters is 1. The number of nitrogens with zero attached hydrogens (tertiary/aromatic N) is 1. The number of amides is 2. The Morgan fingerprint density at radius 1 is 0.514 bits per heavy atom. The highest BCUT2D eigenvalue weighted by molar-refractivity contribution is 6.12. The lowest BCUT2D eigenvalue weighted by Crippen LogP contribution is -2.33. The van der Waals surface area contributed by atoms with Gasteiger partial charge in [0.15, 0.2) is 0 Å². The molecule has 0 saturated heterocycles. The highest BCUT2D eigenvalue weighted by atomic mass is 16.6. The molecule has 0 spiro atoms. The highest BCUT2D eigenvalue weighted by Gasteiger charge is 2.22. The van der Waals surface area contributed by atoms with Crippen molar-refractivity contribution in [3.8, 4) is 0 Å². The minimum atomic E-state index is -0.317. The maximum absolute atomic E-state index is 11.4. The predicted octanol–water partition coefficient (Wildman–Crippen LogP) is -0.393. The van der Waals surface area contributed by atoms with Crippen molar-refractivity contribution in [2.24, 2.45) is 0 Å². The SMILES string of the molecule is CC(=O)OCCOCCOCCOCCOCCOCCOCCOCCOCCN1C(=O)C=CC1=O. The molecule has 37 heavy (non-hydrogen) atoms. The first-order valence-corrected chi connectivity index (χ1v) is 12.4. The van der Waals surface area contributed by atoms with E-state index in [9.17, 15) is 14.4 Å². The number of ether oxygens (including phenoxy) is 9. The fourth-order valence-electron chi connectivity index (χ4n) is 2.69. The summed E-state index contributed by atoms with van der Waals surface area (Å²) in [6.07, 6.45) is 2.50. The number of carbonyl (C=O) groups excluding carboxylic acids is 3. The molecule has 13 nitrogen and oxygen atoms in total. The molecule has 0 atom stereocenters. The van der Waals surface area contributed by atoms with Crippen LogP contribution in [0.15, 0.2) is 12.2 Å². The molecule has 2 amide bonds. The molecule has 0 aromatic heterocycles. The maximum atomic E-state index is 11.4. The van der Waals surface area contributed by atoms with E-state index in [4.69, 9.17) is 42.6 Å². The maximum Gasteiger partial charge on any atom is 0.302 e. The van der Waals surface area contributed by atoms with Gasteiger partial charge < -0.3 is 42.6 Å². The lowest BCUT2D eigenvalue weighted by Gasteiger charge is -2.13. The molecule has 0 aromatic rings. The van der Waals surface area contributed by atoms with E-state index in [0.29, 0.717) is 99.1 Å². The van der Waals surface area contributed by atoms with E-state index in [0.717, 1.165) is 4.90 Å². The van der Waals surface area contributed by atoms with E-state index >= 15 is 0 Å². The van der Waals surface area contributed by atoms with E-state index in [1.807, 2.05) is 0 Å². The molecule has 1 rings (SSSR count). The number of hydrogen-bond donors (Lipinski definition) is 0. The molecule has 1 heterocycles. The smallest absolute Gasteiger partial charge is 0.302 e. The molecule has 13 heteroatoms. The van der Waals surface area contributed by atoms with Crippen LogP contribution < -0.4 is 0 Å². The Bertz CT molecular complexity index is 613. The Labute approximate surface area is 218 Å². The lowest BCUT2D eigenvalue weighted by molar-refractivity contribution is -0.142. The zero-order valence-electron chi connectivity index (χ0n) is 21.7. The Hall–Kier alpha value is -1.97. The fraction of sp³-hybridized carbons (Fsp3) is 0.792. The van der Waals surface area contributed by atoms with E-state index < -0.39 is 0 Å². The Morgan fingerprint density at radius 2 is 0.784 bits per heavy atom. The Morgan fingerprint density at radius 3 is 1.08 bits per heavy atom. The zero-order valence-corrected chi connectivity index (χ0v) is 21.7. The molecule has 0 unspecified atom stereocenters. The summed E-state index contributed by atoms with van der Waals surface area (Å²) in [6, 6.07) is 0. The van der Waals surface area contributed by atoms with Gasteiger partial charge in [-0.25, -0.2) is 0 Å². The first-order chi connectivity index (χ1) is 18.1. The summed E-state index contributed by atoms with van der Waals surface area (Å²) in [4.78, 5) is 34.4. The minimum Gasteiger partial charge on any atom is -0.463 e. The topological polar surface area (TPSA) is 138 Å². The van der Waals surface area contributed by atoms with Crippen LogP contribution in [0.1, 0.15) is 6.92 Å². The van der Waals surface area contributed by atoms with Crippen molar-refractivity contribution in [1.82, 2.24) is 4.90 Å². The largest absolute Gasteiger partial charge is 0.463 e. The second-order valence-corrected chi connectivity index (χ2v) is 7.40. The summed E-state index contributed by atoms with van der Waals surface area (Å²) < 4.78 is 47.7. The summed E-state index contributed by atoms with van der Waals surface area (Å²) in [6.45, 7) is 8.84. The number of rotatable bonds is 27. The van der Waals surface area contributed by atoms with Gasteiger partial charge in [-0.3, -0.25) is 19.3 Å². The van der Waals surface area contributed by atoms with Crippen LogP contribution in [0, 0.1) is 0 Å². The van der Waals surface area contributed by atoms with Gasteiger partial charge in [-0.1, -0.05) is 0 Å². The van der Waals surface area contributed by atoms with Gasteiger partial charge in [0.25, 0.3) is 11.8 Å². The molecular weight excluding hydrogens is 494 g/mol. The second kappa shape index (κ2) is 24.4. The number of hydrogen-bond acceptors (Lipinski definition) is 12. The molecular formula is C24H41NO12. The average Bonchev–Trinajstić information content (AvgIpc) is 3.20. The third kappa shape index (κ3) is 20.7. The zero-order chi connectivity index (χ0) is 26.8. The molecule has 214 valence electrons. The van der Waals surface area contributed by atoms with E-state index in [1.54, 1.807) is 0 Å². The van der Waals surface area contributed by atoms with Crippen molar-refractivity contribution >= 4 is 17.8 Å². The predicted molar refractivity (Wildman–Crippen MR) is 129 cm³/mol. The van der Waals surface area contributed by atoms with E-state index in [1.165, 1.54) is 19.1 Å². The van der Waals surface area contributed by atoms with Crippen LogP contribution in [0.2, 0.25) is 0 Å². The summed E-state index contributed by atoms with van der Waals surface area (Å²) in [5, 5.41) is 0. The van der Waals surface area contributed by atoms with E-state index in [2.05, 4.69) is 0 Å². The van der Waals surface area contributed by atoms with Gasteiger partial charge >= 0.3 is 5.97 Å². The molecule has 1 aliphatic heterocycles. The van der Waals surface area contributed by atoms with Gasteiger partial charge in [0.1, 0.15) is 6.61 Å². The highest BCUT2D eigenvalue weighted by Crippen LogP contribution is 2.02. The standard InChI is InChI=1S/C24H41NO12/c1-22(26)37-21-20-36-19-18-35-17-16-34-15-14-33-13-12-32-11-10-31-9-8-30-7-6-29-5-4-25-23(27)2-3-24(25)28/h2-3H,4-21H2,1H3.